The van der Waals surface area contributed by atoms with Crippen LogP contribution >= 0.6 is 31.9 Å². The molecule has 0 aliphatic heterocycles. The van der Waals surface area contributed by atoms with E-state index in [9.17, 15) is 4.79 Å². The molecule has 0 aliphatic carbocycles. The number of carbonyl (C=O) groups excluding carboxylic acids is 1. The van der Waals surface area contributed by atoms with Crippen LogP contribution in [0.4, 0.5) is 5.69 Å². The maximum Gasteiger partial charge on any atom is 0.255 e. The predicted octanol–water partition coefficient (Wildman–Crippen LogP) is 5.57. The fourth-order valence-electron chi connectivity index (χ4n) is 2.16. The number of halogens is 2. The standard InChI is InChI=1S/C18H19Br2NO3/c1-4-7-24-17-14(20)9-12(10-16(17)23-3)18(22)21-15-6-5-13(19)8-11(15)2/h5-6,8-10H,4,7H2,1-3H3,(H,21,22). The number of anilines is 1. The van der Waals surface area contributed by atoms with Crippen LogP contribution in [-0.2, 0) is 0 Å². The summed E-state index contributed by atoms with van der Waals surface area (Å²) in [5.41, 5.74) is 2.24. The van der Waals surface area contributed by atoms with E-state index < -0.39 is 0 Å². The predicted molar refractivity (Wildman–Crippen MR) is 103 cm³/mol. The molecule has 1 N–H and O–H groups in total. The lowest BCUT2D eigenvalue weighted by Gasteiger charge is -2.14. The number of aryl methyl sites for hydroxylation is 1. The third-order valence-electron chi connectivity index (χ3n) is 3.38. The molecule has 0 bridgehead atoms. The zero-order valence-corrected chi connectivity index (χ0v) is 17.0. The molecule has 0 atom stereocenters. The van der Waals surface area contributed by atoms with Crippen molar-refractivity contribution >= 4 is 43.5 Å². The zero-order chi connectivity index (χ0) is 17.7. The summed E-state index contributed by atoms with van der Waals surface area (Å²) in [7, 11) is 1.56. The summed E-state index contributed by atoms with van der Waals surface area (Å²) in [4.78, 5) is 12.6. The summed E-state index contributed by atoms with van der Waals surface area (Å²) >= 11 is 6.87. The van der Waals surface area contributed by atoms with Gasteiger partial charge in [-0.25, -0.2) is 0 Å². The molecule has 24 heavy (non-hydrogen) atoms. The Morgan fingerprint density at radius 3 is 2.58 bits per heavy atom. The van der Waals surface area contributed by atoms with Crippen molar-refractivity contribution in [3.05, 3.63) is 50.4 Å². The fourth-order valence-corrected chi connectivity index (χ4v) is 3.19. The highest BCUT2D eigenvalue weighted by atomic mass is 79.9. The van der Waals surface area contributed by atoms with Crippen LogP contribution in [0.2, 0.25) is 0 Å². The van der Waals surface area contributed by atoms with E-state index in [1.54, 1.807) is 19.2 Å². The van der Waals surface area contributed by atoms with Gasteiger partial charge in [-0.3, -0.25) is 4.79 Å². The molecule has 128 valence electrons. The van der Waals surface area contributed by atoms with Crippen LogP contribution < -0.4 is 14.8 Å². The van der Waals surface area contributed by atoms with Crippen molar-refractivity contribution < 1.29 is 14.3 Å². The number of amides is 1. The van der Waals surface area contributed by atoms with E-state index in [-0.39, 0.29) is 5.91 Å². The third-order valence-corrected chi connectivity index (χ3v) is 4.46. The summed E-state index contributed by atoms with van der Waals surface area (Å²) < 4.78 is 12.7. The second kappa shape index (κ2) is 8.53. The Kier molecular flexibility index (Phi) is 6.69. The van der Waals surface area contributed by atoms with E-state index in [0.29, 0.717) is 28.1 Å². The average molecular weight is 457 g/mol. The Balaban J connectivity index is 2.27. The Bertz CT molecular complexity index is 747. The second-order valence-electron chi connectivity index (χ2n) is 5.25. The molecule has 2 rings (SSSR count). The van der Waals surface area contributed by atoms with Gasteiger partial charge in [-0.2, -0.15) is 0 Å². The molecule has 0 radical (unpaired) electrons. The van der Waals surface area contributed by atoms with Crippen molar-refractivity contribution in [2.75, 3.05) is 19.0 Å². The minimum atomic E-state index is -0.207. The molecular formula is C18H19Br2NO3. The first-order valence-corrected chi connectivity index (χ1v) is 9.12. The highest BCUT2D eigenvalue weighted by Gasteiger charge is 2.16. The number of rotatable bonds is 6. The summed E-state index contributed by atoms with van der Waals surface area (Å²) in [6, 6.07) is 9.12. The van der Waals surface area contributed by atoms with Gasteiger partial charge in [0.1, 0.15) is 0 Å². The quantitative estimate of drug-likeness (QED) is 0.618. The van der Waals surface area contributed by atoms with Crippen molar-refractivity contribution in [2.24, 2.45) is 0 Å². The molecule has 0 saturated carbocycles. The first kappa shape index (κ1) is 18.8. The van der Waals surface area contributed by atoms with Crippen LogP contribution in [0, 0.1) is 6.92 Å². The summed E-state index contributed by atoms with van der Waals surface area (Å²) in [5.74, 6) is 0.924. The Morgan fingerprint density at radius 2 is 1.96 bits per heavy atom. The Labute approximate surface area is 158 Å². The molecule has 0 saturated heterocycles. The monoisotopic (exact) mass is 455 g/mol. The van der Waals surface area contributed by atoms with E-state index in [0.717, 1.165) is 22.1 Å². The van der Waals surface area contributed by atoms with Crippen LogP contribution in [-0.4, -0.2) is 19.6 Å². The Morgan fingerprint density at radius 1 is 1.21 bits per heavy atom. The molecule has 4 nitrogen and oxygen atoms in total. The maximum absolute atomic E-state index is 12.6. The van der Waals surface area contributed by atoms with Gasteiger partial charge in [0, 0.05) is 15.7 Å². The van der Waals surface area contributed by atoms with Gasteiger partial charge in [0.15, 0.2) is 11.5 Å². The van der Waals surface area contributed by atoms with E-state index in [1.165, 1.54) is 0 Å². The van der Waals surface area contributed by atoms with Crippen molar-refractivity contribution in [1.29, 1.82) is 0 Å². The van der Waals surface area contributed by atoms with Gasteiger partial charge in [-0.1, -0.05) is 22.9 Å². The number of carbonyl (C=O) groups is 1. The average Bonchev–Trinajstić information content (AvgIpc) is 2.55. The van der Waals surface area contributed by atoms with E-state index in [2.05, 4.69) is 37.2 Å². The molecule has 2 aromatic carbocycles. The normalized spacial score (nSPS) is 10.4. The topological polar surface area (TPSA) is 47.6 Å². The zero-order valence-electron chi connectivity index (χ0n) is 13.8. The first-order chi connectivity index (χ1) is 11.5. The van der Waals surface area contributed by atoms with Gasteiger partial charge in [-0.15, -0.1) is 0 Å². The molecule has 2 aromatic rings. The SMILES string of the molecule is CCCOc1c(Br)cc(C(=O)Nc2ccc(Br)cc2C)cc1OC. The van der Waals surface area contributed by atoms with Gasteiger partial charge >= 0.3 is 0 Å². The molecular weight excluding hydrogens is 438 g/mol. The minimum absolute atomic E-state index is 0.207. The van der Waals surface area contributed by atoms with Crippen molar-refractivity contribution in [3.8, 4) is 11.5 Å². The molecule has 0 fully saturated rings. The van der Waals surface area contributed by atoms with Gasteiger partial charge in [0.05, 0.1) is 18.2 Å². The maximum atomic E-state index is 12.6. The van der Waals surface area contributed by atoms with Gasteiger partial charge in [-0.05, 0) is 65.2 Å². The van der Waals surface area contributed by atoms with E-state index in [1.807, 2.05) is 32.0 Å². The summed E-state index contributed by atoms with van der Waals surface area (Å²) in [6.45, 7) is 4.56. The molecule has 0 unspecified atom stereocenters. The number of ether oxygens (including phenoxy) is 2. The smallest absolute Gasteiger partial charge is 0.255 e. The lowest BCUT2D eigenvalue weighted by atomic mass is 10.1. The largest absolute Gasteiger partial charge is 0.493 e. The van der Waals surface area contributed by atoms with Gasteiger partial charge < -0.3 is 14.8 Å². The molecule has 6 heteroatoms. The third kappa shape index (κ3) is 4.51. The molecule has 0 aromatic heterocycles. The lowest BCUT2D eigenvalue weighted by molar-refractivity contribution is 0.102. The summed E-state index contributed by atoms with van der Waals surface area (Å²) in [5, 5.41) is 2.92. The van der Waals surface area contributed by atoms with Crippen LogP contribution in [0.25, 0.3) is 0 Å². The van der Waals surface area contributed by atoms with E-state index >= 15 is 0 Å². The van der Waals surface area contributed by atoms with Gasteiger partial charge in [0.2, 0.25) is 0 Å². The van der Waals surface area contributed by atoms with Crippen LogP contribution in [0.5, 0.6) is 11.5 Å². The van der Waals surface area contributed by atoms with Crippen LogP contribution in [0.15, 0.2) is 39.3 Å². The highest BCUT2D eigenvalue weighted by Crippen LogP contribution is 2.37. The molecule has 0 aliphatic rings. The minimum Gasteiger partial charge on any atom is -0.493 e. The second-order valence-corrected chi connectivity index (χ2v) is 7.02. The summed E-state index contributed by atoms with van der Waals surface area (Å²) in [6.07, 6.45) is 0.890. The fraction of sp³-hybridized carbons (Fsp3) is 0.278. The Hall–Kier alpha value is -1.53. The number of hydrogen-bond acceptors (Lipinski definition) is 3. The van der Waals surface area contributed by atoms with Crippen molar-refractivity contribution in [2.45, 2.75) is 20.3 Å². The molecule has 1 amide bonds. The van der Waals surface area contributed by atoms with Crippen LogP contribution in [0.3, 0.4) is 0 Å². The molecule has 0 heterocycles. The van der Waals surface area contributed by atoms with Crippen molar-refractivity contribution in [1.82, 2.24) is 0 Å². The number of nitrogens with one attached hydrogen (secondary N) is 1. The van der Waals surface area contributed by atoms with Gasteiger partial charge in [0.25, 0.3) is 5.91 Å². The van der Waals surface area contributed by atoms with E-state index in [4.69, 9.17) is 9.47 Å². The highest BCUT2D eigenvalue weighted by molar-refractivity contribution is 9.10. The number of benzene rings is 2. The van der Waals surface area contributed by atoms with Crippen LogP contribution in [0.1, 0.15) is 29.3 Å². The molecule has 0 spiro atoms. The lowest BCUT2D eigenvalue weighted by Crippen LogP contribution is -2.13. The number of hydrogen-bond donors (Lipinski definition) is 1. The first-order valence-electron chi connectivity index (χ1n) is 7.54. The van der Waals surface area contributed by atoms with Crippen molar-refractivity contribution in [3.63, 3.8) is 0 Å². The number of methoxy groups -OCH3 is 1.